The molecule has 4 rings (SSSR count). The summed E-state index contributed by atoms with van der Waals surface area (Å²) < 4.78 is 0. The van der Waals surface area contributed by atoms with Crippen LogP contribution in [0.25, 0.3) is 0 Å². The van der Waals surface area contributed by atoms with Crippen LogP contribution in [0.4, 0.5) is 5.69 Å². The van der Waals surface area contributed by atoms with Gasteiger partial charge in [-0.2, -0.15) is 0 Å². The fourth-order valence-electron chi connectivity index (χ4n) is 4.59. The average molecular weight is 479 g/mol. The second-order valence-corrected chi connectivity index (χ2v) is 9.48. The van der Waals surface area contributed by atoms with Gasteiger partial charge >= 0.3 is 0 Å². The second kappa shape index (κ2) is 11.7. The van der Waals surface area contributed by atoms with Crippen LogP contribution >= 0.6 is 0 Å². The predicted octanol–water partition coefficient (Wildman–Crippen LogP) is 6.85. The maximum atomic E-state index is 13.5. The standard InChI is InChI=1S/C32H34N2O2/c1-24-16-17-29(21-25(24)2)32(36)34(30-14-8-5-9-15-30)19-10-13-28-18-20-33(23-31(28)26(3)35)22-27-11-6-4-7-12-27/h4-9,11-12,14-18,20-21,23,28H,10,13,19,22H2,1-3H3. The molecule has 1 unspecified atom stereocenters. The zero-order valence-electron chi connectivity index (χ0n) is 21.4. The first-order valence-electron chi connectivity index (χ1n) is 12.6. The van der Waals surface area contributed by atoms with E-state index in [0.29, 0.717) is 12.1 Å². The molecule has 0 saturated carbocycles. The Hall–Kier alpha value is -3.92. The highest BCUT2D eigenvalue weighted by atomic mass is 16.2. The lowest BCUT2D eigenvalue weighted by Gasteiger charge is -2.27. The highest BCUT2D eigenvalue weighted by molar-refractivity contribution is 6.06. The van der Waals surface area contributed by atoms with E-state index in [9.17, 15) is 9.59 Å². The Morgan fingerprint density at radius 1 is 0.889 bits per heavy atom. The number of carbonyl (C=O) groups excluding carboxylic acids is 2. The van der Waals surface area contributed by atoms with Crippen molar-refractivity contribution in [2.24, 2.45) is 5.92 Å². The molecule has 1 amide bonds. The predicted molar refractivity (Wildman–Crippen MR) is 147 cm³/mol. The molecule has 4 nitrogen and oxygen atoms in total. The maximum absolute atomic E-state index is 13.5. The number of rotatable bonds is 9. The summed E-state index contributed by atoms with van der Waals surface area (Å²) in [7, 11) is 0. The average Bonchev–Trinajstić information content (AvgIpc) is 2.89. The lowest BCUT2D eigenvalue weighted by molar-refractivity contribution is -0.114. The van der Waals surface area contributed by atoms with Gasteiger partial charge in [-0.1, -0.05) is 60.7 Å². The summed E-state index contributed by atoms with van der Waals surface area (Å²) in [6, 6.07) is 25.9. The highest BCUT2D eigenvalue weighted by Gasteiger charge is 2.22. The van der Waals surface area contributed by atoms with Gasteiger partial charge in [-0.05, 0) is 74.6 Å². The largest absolute Gasteiger partial charge is 0.350 e. The van der Waals surface area contributed by atoms with Crippen molar-refractivity contribution in [2.75, 3.05) is 11.4 Å². The number of aryl methyl sites for hydroxylation is 2. The van der Waals surface area contributed by atoms with Crippen LogP contribution in [0, 0.1) is 19.8 Å². The van der Waals surface area contributed by atoms with E-state index in [1.165, 1.54) is 11.1 Å². The molecule has 36 heavy (non-hydrogen) atoms. The Kier molecular flexibility index (Phi) is 8.17. The van der Waals surface area contributed by atoms with Gasteiger partial charge in [0, 0.05) is 48.2 Å². The van der Waals surface area contributed by atoms with E-state index in [4.69, 9.17) is 0 Å². The monoisotopic (exact) mass is 478 g/mol. The second-order valence-electron chi connectivity index (χ2n) is 9.48. The molecule has 1 aliphatic rings. The molecule has 0 saturated heterocycles. The molecule has 0 aromatic heterocycles. The number of benzene rings is 3. The van der Waals surface area contributed by atoms with E-state index in [0.717, 1.165) is 36.2 Å². The first kappa shape index (κ1) is 25.2. The number of hydrogen-bond acceptors (Lipinski definition) is 3. The number of nitrogens with zero attached hydrogens (tertiary/aromatic N) is 2. The van der Waals surface area contributed by atoms with Crippen LogP contribution in [0.2, 0.25) is 0 Å². The van der Waals surface area contributed by atoms with Crippen molar-refractivity contribution in [3.05, 3.63) is 125 Å². The van der Waals surface area contributed by atoms with E-state index in [2.05, 4.69) is 36.2 Å². The number of para-hydroxylation sites is 1. The van der Waals surface area contributed by atoms with Crippen molar-refractivity contribution in [1.82, 2.24) is 4.90 Å². The van der Waals surface area contributed by atoms with Crippen LogP contribution in [0.1, 0.15) is 46.8 Å². The van der Waals surface area contributed by atoms with Crippen molar-refractivity contribution >= 4 is 17.4 Å². The SMILES string of the molecule is CC(=O)C1=CN(Cc2ccccc2)C=CC1CCCN(C(=O)c1ccc(C)c(C)c1)c1ccccc1. The van der Waals surface area contributed by atoms with Crippen LogP contribution in [-0.2, 0) is 11.3 Å². The topological polar surface area (TPSA) is 40.6 Å². The summed E-state index contributed by atoms with van der Waals surface area (Å²) >= 11 is 0. The zero-order valence-corrected chi connectivity index (χ0v) is 21.4. The molecule has 184 valence electrons. The molecule has 1 atom stereocenters. The summed E-state index contributed by atoms with van der Waals surface area (Å²) in [5.41, 5.74) is 5.88. The first-order valence-corrected chi connectivity index (χ1v) is 12.6. The van der Waals surface area contributed by atoms with Crippen LogP contribution in [0.3, 0.4) is 0 Å². The molecule has 0 bridgehead atoms. The van der Waals surface area contributed by atoms with Gasteiger partial charge in [0.25, 0.3) is 5.91 Å². The number of carbonyl (C=O) groups is 2. The third-order valence-corrected chi connectivity index (χ3v) is 6.79. The van der Waals surface area contributed by atoms with Crippen molar-refractivity contribution in [1.29, 1.82) is 0 Å². The van der Waals surface area contributed by atoms with Crippen molar-refractivity contribution < 1.29 is 9.59 Å². The minimum absolute atomic E-state index is 0.000133. The third kappa shape index (κ3) is 6.19. The Morgan fingerprint density at radius 3 is 2.25 bits per heavy atom. The summed E-state index contributed by atoms with van der Waals surface area (Å²) in [6.07, 6.45) is 7.75. The van der Waals surface area contributed by atoms with E-state index >= 15 is 0 Å². The van der Waals surface area contributed by atoms with Crippen molar-refractivity contribution in [3.63, 3.8) is 0 Å². The smallest absolute Gasteiger partial charge is 0.258 e. The van der Waals surface area contributed by atoms with Gasteiger partial charge in [-0.25, -0.2) is 0 Å². The molecule has 0 fully saturated rings. The number of anilines is 1. The highest BCUT2D eigenvalue weighted by Crippen LogP contribution is 2.27. The summed E-state index contributed by atoms with van der Waals surface area (Å²) in [4.78, 5) is 29.9. The van der Waals surface area contributed by atoms with Crippen LogP contribution < -0.4 is 4.90 Å². The molecular weight excluding hydrogens is 444 g/mol. The zero-order chi connectivity index (χ0) is 25.5. The molecule has 3 aromatic carbocycles. The molecule has 0 radical (unpaired) electrons. The number of ketones is 1. The van der Waals surface area contributed by atoms with Gasteiger partial charge in [0.15, 0.2) is 5.78 Å². The number of allylic oxidation sites excluding steroid dienone is 2. The minimum atomic E-state index is -0.000133. The van der Waals surface area contributed by atoms with E-state index in [-0.39, 0.29) is 17.6 Å². The van der Waals surface area contributed by atoms with Gasteiger partial charge in [-0.3, -0.25) is 9.59 Å². The number of hydrogen-bond donors (Lipinski definition) is 0. The lowest BCUT2D eigenvalue weighted by Crippen LogP contribution is -2.32. The van der Waals surface area contributed by atoms with E-state index in [1.807, 2.05) is 84.8 Å². The Morgan fingerprint density at radius 2 is 1.58 bits per heavy atom. The van der Waals surface area contributed by atoms with E-state index in [1.54, 1.807) is 6.92 Å². The molecule has 4 heteroatoms. The van der Waals surface area contributed by atoms with Gasteiger partial charge in [-0.15, -0.1) is 0 Å². The molecule has 0 spiro atoms. The van der Waals surface area contributed by atoms with Gasteiger partial charge in [0.2, 0.25) is 0 Å². The van der Waals surface area contributed by atoms with Crippen molar-refractivity contribution in [2.45, 2.75) is 40.2 Å². The van der Waals surface area contributed by atoms with Gasteiger partial charge in [0.1, 0.15) is 0 Å². The van der Waals surface area contributed by atoms with Gasteiger partial charge in [0.05, 0.1) is 0 Å². The summed E-state index contributed by atoms with van der Waals surface area (Å²) in [6.45, 7) is 7.03. The third-order valence-electron chi connectivity index (χ3n) is 6.79. The molecule has 1 heterocycles. The lowest BCUT2D eigenvalue weighted by atomic mass is 9.90. The molecule has 0 N–H and O–H groups in total. The summed E-state index contributed by atoms with van der Waals surface area (Å²) in [5.74, 6) is 0.136. The molecule has 0 aliphatic carbocycles. The number of Topliss-reactive ketones (excluding diaryl/α,β-unsaturated/α-hetero) is 1. The Balaban J connectivity index is 1.46. The normalized spacial score (nSPS) is 14.9. The van der Waals surface area contributed by atoms with E-state index < -0.39 is 0 Å². The minimum Gasteiger partial charge on any atom is -0.350 e. The molecular formula is C32H34N2O2. The van der Waals surface area contributed by atoms with Crippen LogP contribution in [-0.4, -0.2) is 23.1 Å². The maximum Gasteiger partial charge on any atom is 0.258 e. The number of amides is 1. The fraction of sp³-hybridized carbons (Fsp3) is 0.250. The fourth-order valence-corrected chi connectivity index (χ4v) is 4.59. The van der Waals surface area contributed by atoms with Crippen molar-refractivity contribution in [3.8, 4) is 0 Å². The first-order chi connectivity index (χ1) is 17.4. The molecule has 1 aliphatic heterocycles. The van der Waals surface area contributed by atoms with Crippen LogP contribution in [0.15, 0.2) is 103 Å². The van der Waals surface area contributed by atoms with Gasteiger partial charge < -0.3 is 9.80 Å². The quantitative estimate of drug-likeness (QED) is 0.338. The Bertz CT molecular complexity index is 1260. The molecule has 3 aromatic rings. The Labute approximate surface area is 214 Å². The van der Waals surface area contributed by atoms with Crippen LogP contribution in [0.5, 0.6) is 0 Å². The summed E-state index contributed by atoms with van der Waals surface area (Å²) in [5, 5.41) is 0.